The molecule has 0 saturated heterocycles. The van der Waals surface area contributed by atoms with Crippen LogP contribution in [0.1, 0.15) is 23.7 Å². The minimum Gasteiger partial charge on any atom is -0.383 e. The molecule has 0 aliphatic rings. The molecular weight excluding hydrogens is 224 g/mol. The van der Waals surface area contributed by atoms with E-state index in [0.717, 1.165) is 23.2 Å². The molecule has 1 heterocycles. The summed E-state index contributed by atoms with van der Waals surface area (Å²) in [6.45, 7) is 2.67. The van der Waals surface area contributed by atoms with E-state index >= 15 is 0 Å². The van der Waals surface area contributed by atoms with Crippen molar-refractivity contribution in [3.8, 4) is 0 Å². The van der Waals surface area contributed by atoms with Crippen LogP contribution < -0.4 is 5.73 Å². The second-order valence-electron chi connectivity index (χ2n) is 4.20. The van der Waals surface area contributed by atoms with Crippen molar-refractivity contribution in [2.75, 3.05) is 0 Å². The number of hydrogen-bond acceptors (Lipinski definition) is 2. The van der Waals surface area contributed by atoms with Crippen LogP contribution in [0.25, 0.3) is 0 Å². The number of aromatic nitrogens is 2. The standard InChI is InChI=1S/C14H18N4/c1-3-13-12(10-18(2)17-13)9-16-14(15)11-7-5-4-6-8-11/h4-8,10H,3,9H2,1-2H3,(H2,15,16). The largest absolute Gasteiger partial charge is 0.383 e. The Morgan fingerprint density at radius 1 is 1.33 bits per heavy atom. The van der Waals surface area contributed by atoms with E-state index in [0.29, 0.717) is 12.4 Å². The van der Waals surface area contributed by atoms with Gasteiger partial charge >= 0.3 is 0 Å². The van der Waals surface area contributed by atoms with Gasteiger partial charge in [-0.2, -0.15) is 5.10 Å². The molecule has 18 heavy (non-hydrogen) atoms. The fourth-order valence-electron chi connectivity index (χ4n) is 1.88. The zero-order chi connectivity index (χ0) is 13.0. The summed E-state index contributed by atoms with van der Waals surface area (Å²) in [6, 6.07) is 9.80. The highest BCUT2D eigenvalue weighted by Crippen LogP contribution is 2.09. The van der Waals surface area contributed by atoms with E-state index in [1.54, 1.807) is 0 Å². The predicted molar refractivity (Wildman–Crippen MR) is 73.5 cm³/mol. The maximum atomic E-state index is 5.96. The summed E-state index contributed by atoms with van der Waals surface area (Å²) in [5.41, 5.74) is 9.14. The molecule has 1 aromatic heterocycles. The smallest absolute Gasteiger partial charge is 0.125 e. The van der Waals surface area contributed by atoms with Gasteiger partial charge in [0.15, 0.2) is 0 Å². The Morgan fingerprint density at radius 3 is 2.72 bits per heavy atom. The van der Waals surface area contributed by atoms with Crippen LogP contribution in [0.4, 0.5) is 0 Å². The van der Waals surface area contributed by atoms with Gasteiger partial charge in [0.05, 0.1) is 12.2 Å². The number of nitrogens with two attached hydrogens (primary N) is 1. The van der Waals surface area contributed by atoms with Gasteiger partial charge in [-0.25, -0.2) is 0 Å². The third kappa shape index (κ3) is 2.77. The quantitative estimate of drug-likeness (QED) is 0.657. The van der Waals surface area contributed by atoms with Crippen molar-refractivity contribution in [3.05, 3.63) is 53.3 Å². The van der Waals surface area contributed by atoms with Crippen LogP contribution in [0.2, 0.25) is 0 Å². The average Bonchev–Trinajstić information content (AvgIpc) is 2.77. The van der Waals surface area contributed by atoms with Crippen LogP contribution in [0.5, 0.6) is 0 Å². The first-order valence-electron chi connectivity index (χ1n) is 6.07. The van der Waals surface area contributed by atoms with Crippen molar-refractivity contribution in [1.29, 1.82) is 0 Å². The minimum absolute atomic E-state index is 0.571. The molecule has 0 unspecified atom stereocenters. The molecule has 4 nitrogen and oxygen atoms in total. The van der Waals surface area contributed by atoms with Crippen molar-refractivity contribution in [3.63, 3.8) is 0 Å². The monoisotopic (exact) mass is 242 g/mol. The summed E-state index contributed by atoms with van der Waals surface area (Å²) >= 11 is 0. The van der Waals surface area contributed by atoms with Crippen molar-refractivity contribution >= 4 is 5.84 Å². The topological polar surface area (TPSA) is 56.2 Å². The van der Waals surface area contributed by atoms with Gasteiger partial charge < -0.3 is 5.73 Å². The molecule has 0 spiro atoms. The first kappa shape index (κ1) is 12.4. The summed E-state index contributed by atoms with van der Waals surface area (Å²) in [4.78, 5) is 4.43. The maximum Gasteiger partial charge on any atom is 0.125 e. The normalized spacial score (nSPS) is 11.8. The van der Waals surface area contributed by atoms with Crippen LogP contribution >= 0.6 is 0 Å². The van der Waals surface area contributed by atoms with Gasteiger partial charge in [-0.05, 0) is 6.42 Å². The van der Waals surface area contributed by atoms with E-state index in [1.165, 1.54) is 0 Å². The molecule has 0 aliphatic carbocycles. The van der Waals surface area contributed by atoms with E-state index in [4.69, 9.17) is 5.73 Å². The first-order chi connectivity index (χ1) is 8.70. The summed E-state index contributed by atoms with van der Waals surface area (Å²) in [5, 5.41) is 4.39. The second-order valence-corrected chi connectivity index (χ2v) is 4.20. The number of aryl methyl sites for hydroxylation is 2. The Bertz CT molecular complexity index is 540. The van der Waals surface area contributed by atoms with Crippen molar-refractivity contribution in [1.82, 2.24) is 9.78 Å². The van der Waals surface area contributed by atoms with E-state index in [2.05, 4.69) is 17.0 Å². The third-order valence-corrected chi connectivity index (χ3v) is 2.82. The molecule has 0 radical (unpaired) electrons. The lowest BCUT2D eigenvalue weighted by atomic mass is 10.2. The second kappa shape index (κ2) is 5.49. The molecule has 0 amide bonds. The fourth-order valence-corrected chi connectivity index (χ4v) is 1.88. The summed E-state index contributed by atoms with van der Waals surface area (Å²) in [5.74, 6) is 0.571. The minimum atomic E-state index is 0.571. The lowest BCUT2D eigenvalue weighted by Gasteiger charge is -2.00. The molecular formula is C14H18N4. The van der Waals surface area contributed by atoms with Crippen LogP contribution in [0.15, 0.2) is 41.5 Å². The molecule has 1 aromatic carbocycles. The number of aliphatic imine (C=N–C) groups is 1. The highest BCUT2D eigenvalue weighted by molar-refractivity contribution is 5.97. The molecule has 0 aliphatic heterocycles. The third-order valence-electron chi connectivity index (χ3n) is 2.82. The highest BCUT2D eigenvalue weighted by Gasteiger charge is 2.05. The Labute approximate surface area is 107 Å². The van der Waals surface area contributed by atoms with E-state index in [9.17, 15) is 0 Å². The summed E-state index contributed by atoms with van der Waals surface area (Å²) < 4.78 is 1.82. The Morgan fingerprint density at radius 2 is 2.06 bits per heavy atom. The Kier molecular flexibility index (Phi) is 3.77. The zero-order valence-corrected chi connectivity index (χ0v) is 10.8. The van der Waals surface area contributed by atoms with Crippen molar-refractivity contribution in [2.24, 2.45) is 17.8 Å². The maximum absolute atomic E-state index is 5.96. The van der Waals surface area contributed by atoms with Crippen LogP contribution in [0, 0.1) is 0 Å². The van der Waals surface area contributed by atoms with Gasteiger partial charge in [0.25, 0.3) is 0 Å². The molecule has 0 saturated carbocycles. The first-order valence-corrected chi connectivity index (χ1v) is 6.07. The molecule has 2 N–H and O–H groups in total. The molecule has 2 rings (SSSR count). The van der Waals surface area contributed by atoms with Gasteiger partial charge in [-0.1, -0.05) is 37.3 Å². The number of rotatable bonds is 4. The average molecular weight is 242 g/mol. The van der Waals surface area contributed by atoms with E-state index < -0.39 is 0 Å². The van der Waals surface area contributed by atoms with E-state index in [-0.39, 0.29) is 0 Å². The Balaban J connectivity index is 2.15. The van der Waals surface area contributed by atoms with Crippen LogP contribution in [-0.4, -0.2) is 15.6 Å². The molecule has 0 bridgehead atoms. The van der Waals surface area contributed by atoms with Gasteiger partial charge in [0.1, 0.15) is 5.84 Å². The number of nitrogens with zero attached hydrogens (tertiary/aromatic N) is 3. The van der Waals surface area contributed by atoms with Gasteiger partial charge in [-0.3, -0.25) is 9.67 Å². The van der Waals surface area contributed by atoms with Gasteiger partial charge in [0.2, 0.25) is 0 Å². The van der Waals surface area contributed by atoms with Crippen LogP contribution in [0.3, 0.4) is 0 Å². The molecule has 2 aromatic rings. The zero-order valence-electron chi connectivity index (χ0n) is 10.8. The number of hydrogen-bond donors (Lipinski definition) is 1. The number of amidine groups is 1. The predicted octanol–water partition coefficient (Wildman–Crippen LogP) is 1.89. The van der Waals surface area contributed by atoms with Crippen LogP contribution in [-0.2, 0) is 20.0 Å². The molecule has 0 fully saturated rings. The SMILES string of the molecule is CCc1nn(C)cc1CN=C(N)c1ccccc1. The highest BCUT2D eigenvalue weighted by atomic mass is 15.3. The van der Waals surface area contributed by atoms with Gasteiger partial charge in [-0.15, -0.1) is 0 Å². The fraction of sp³-hybridized carbons (Fsp3) is 0.286. The Hall–Kier alpha value is -2.10. The molecule has 94 valence electrons. The molecule has 0 atom stereocenters. The van der Waals surface area contributed by atoms with E-state index in [1.807, 2.05) is 48.3 Å². The number of benzene rings is 1. The summed E-state index contributed by atoms with van der Waals surface area (Å²) in [6.07, 6.45) is 2.91. The lowest BCUT2D eigenvalue weighted by molar-refractivity contribution is 0.746. The van der Waals surface area contributed by atoms with Crippen molar-refractivity contribution in [2.45, 2.75) is 19.9 Å². The summed E-state index contributed by atoms with van der Waals surface area (Å²) in [7, 11) is 1.92. The molecule has 4 heteroatoms. The van der Waals surface area contributed by atoms with Crippen molar-refractivity contribution < 1.29 is 0 Å². The lowest BCUT2D eigenvalue weighted by Crippen LogP contribution is -2.13. The van der Waals surface area contributed by atoms with Gasteiger partial charge in [0, 0.05) is 24.4 Å².